The molecule has 1 aromatic heterocycles. The van der Waals surface area contributed by atoms with E-state index >= 15 is 0 Å². The van der Waals surface area contributed by atoms with Gasteiger partial charge in [-0.15, -0.1) is 0 Å². The molecule has 0 aliphatic heterocycles. The second-order valence-electron chi connectivity index (χ2n) is 4.91. The third-order valence-electron chi connectivity index (χ3n) is 2.68. The zero-order chi connectivity index (χ0) is 13.7. The third kappa shape index (κ3) is 3.82. The Labute approximate surface area is 108 Å². The van der Waals surface area contributed by atoms with Crippen LogP contribution < -0.4 is 16.6 Å². The number of anilines is 2. The minimum atomic E-state index is -0.344. The van der Waals surface area contributed by atoms with E-state index in [9.17, 15) is 5.11 Å². The van der Waals surface area contributed by atoms with Gasteiger partial charge in [-0.2, -0.15) is 0 Å². The van der Waals surface area contributed by atoms with Gasteiger partial charge in [0.15, 0.2) is 0 Å². The number of aliphatic hydroxyl groups is 1. The van der Waals surface area contributed by atoms with Crippen LogP contribution in [0, 0.1) is 0 Å². The number of aliphatic hydroxyl groups excluding tert-OH is 1. The summed E-state index contributed by atoms with van der Waals surface area (Å²) in [6.07, 6.45) is 1.79. The molecule has 0 saturated carbocycles. The molecule has 0 aliphatic rings. The lowest BCUT2D eigenvalue weighted by molar-refractivity contribution is 0.179. The minimum Gasteiger partial charge on any atom is -0.393 e. The number of hydrogen-bond acceptors (Lipinski definition) is 6. The summed E-state index contributed by atoms with van der Waals surface area (Å²) < 4.78 is 0. The Balaban J connectivity index is 2.94. The van der Waals surface area contributed by atoms with Crippen molar-refractivity contribution in [2.75, 3.05) is 10.7 Å². The maximum Gasteiger partial charge on any atom is 0.148 e. The molecule has 0 aliphatic carbocycles. The molecule has 5 N–H and O–H groups in total. The van der Waals surface area contributed by atoms with Crippen molar-refractivity contribution < 1.29 is 5.11 Å². The lowest BCUT2D eigenvalue weighted by atomic mass is 10.0. The highest BCUT2D eigenvalue weighted by Gasteiger charge is 2.16. The first-order chi connectivity index (χ1) is 8.45. The van der Waals surface area contributed by atoms with Crippen LogP contribution in [0.15, 0.2) is 6.33 Å². The number of rotatable bonds is 6. The van der Waals surface area contributed by atoms with E-state index in [0.717, 1.165) is 11.4 Å². The van der Waals surface area contributed by atoms with Crippen molar-refractivity contribution in [3.05, 3.63) is 11.9 Å². The zero-order valence-electron chi connectivity index (χ0n) is 11.4. The largest absolute Gasteiger partial charge is 0.393 e. The van der Waals surface area contributed by atoms with Gasteiger partial charge in [-0.3, -0.25) is 0 Å². The van der Waals surface area contributed by atoms with Crippen molar-refractivity contribution >= 4 is 11.6 Å². The first kappa shape index (κ1) is 14.7. The van der Waals surface area contributed by atoms with Gasteiger partial charge in [-0.1, -0.05) is 13.8 Å². The molecule has 6 nitrogen and oxygen atoms in total. The molecule has 0 radical (unpaired) electrons. The number of nitrogens with zero attached hydrogens (tertiary/aromatic N) is 2. The average Bonchev–Trinajstić information content (AvgIpc) is 2.26. The van der Waals surface area contributed by atoms with E-state index in [0.29, 0.717) is 12.2 Å². The fraction of sp³-hybridized carbons (Fsp3) is 0.667. The normalized spacial score (nSPS) is 14.4. The van der Waals surface area contributed by atoms with Crippen LogP contribution >= 0.6 is 0 Å². The number of aromatic nitrogens is 2. The molecule has 0 amide bonds. The van der Waals surface area contributed by atoms with Crippen LogP contribution in [-0.4, -0.2) is 27.2 Å². The molecule has 1 aromatic rings. The Morgan fingerprint density at radius 2 is 1.83 bits per heavy atom. The predicted molar refractivity (Wildman–Crippen MR) is 73.3 cm³/mol. The topological polar surface area (TPSA) is 96.1 Å². The Bertz CT molecular complexity index is 381. The van der Waals surface area contributed by atoms with Crippen molar-refractivity contribution in [1.82, 2.24) is 9.97 Å². The standard InChI is InChI=1S/C12H23N5O/c1-7(2)10-11(14-6-15-12(10)17-13)16-8(3)5-9(4)18/h6-9,18H,5,13H2,1-4H3,(H2,14,15,16,17). The molecule has 6 heteroatoms. The van der Waals surface area contributed by atoms with Crippen LogP contribution in [-0.2, 0) is 0 Å². The van der Waals surface area contributed by atoms with Crippen molar-refractivity contribution in [1.29, 1.82) is 0 Å². The van der Waals surface area contributed by atoms with E-state index in [1.54, 1.807) is 6.92 Å². The van der Waals surface area contributed by atoms with Gasteiger partial charge in [0, 0.05) is 11.6 Å². The van der Waals surface area contributed by atoms with Gasteiger partial charge in [0.05, 0.1) is 6.10 Å². The second-order valence-corrected chi connectivity index (χ2v) is 4.91. The maximum absolute atomic E-state index is 9.37. The average molecular weight is 253 g/mol. The Hall–Kier alpha value is -1.40. The highest BCUT2D eigenvalue weighted by molar-refractivity contribution is 5.58. The molecule has 0 bridgehead atoms. The highest BCUT2D eigenvalue weighted by atomic mass is 16.3. The molecule has 1 heterocycles. The van der Waals surface area contributed by atoms with E-state index in [2.05, 4.69) is 34.6 Å². The lowest BCUT2D eigenvalue weighted by Gasteiger charge is -2.21. The summed E-state index contributed by atoms with van der Waals surface area (Å²) in [5, 5.41) is 12.7. The van der Waals surface area contributed by atoms with Gasteiger partial charge in [-0.05, 0) is 26.2 Å². The second kappa shape index (κ2) is 6.51. The number of nitrogens with two attached hydrogens (primary N) is 1. The van der Waals surface area contributed by atoms with Gasteiger partial charge >= 0.3 is 0 Å². The van der Waals surface area contributed by atoms with Crippen molar-refractivity contribution in [2.45, 2.75) is 52.2 Å². The van der Waals surface area contributed by atoms with Gasteiger partial charge in [-0.25, -0.2) is 15.8 Å². The molecule has 0 spiro atoms. The number of hydrogen-bond donors (Lipinski definition) is 4. The molecule has 0 fully saturated rings. The highest BCUT2D eigenvalue weighted by Crippen LogP contribution is 2.28. The molecule has 0 saturated heterocycles. The van der Waals surface area contributed by atoms with Crippen LogP contribution in [0.4, 0.5) is 11.6 Å². The lowest BCUT2D eigenvalue weighted by Crippen LogP contribution is -2.23. The van der Waals surface area contributed by atoms with Crippen LogP contribution in [0.5, 0.6) is 0 Å². The monoisotopic (exact) mass is 253 g/mol. The molecule has 102 valence electrons. The Morgan fingerprint density at radius 1 is 1.22 bits per heavy atom. The van der Waals surface area contributed by atoms with Crippen LogP contribution in [0.3, 0.4) is 0 Å². The fourth-order valence-corrected chi connectivity index (χ4v) is 1.98. The quantitative estimate of drug-likeness (QED) is 0.453. The molecule has 2 unspecified atom stereocenters. The van der Waals surface area contributed by atoms with Crippen LogP contribution in [0.25, 0.3) is 0 Å². The fourth-order valence-electron chi connectivity index (χ4n) is 1.98. The van der Waals surface area contributed by atoms with Gasteiger partial charge in [0.25, 0.3) is 0 Å². The summed E-state index contributed by atoms with van der Waals surface area (Å²) in [5.41, 5.74) is 3.55. The minimum absolute atomic E-state index is 0.128. The molecule has 1 rings (SSSR count). The Morgan fingerprint density at radius 3 is 2.33 bits per heavy atom. The molecular formula is C12H23N5O. The summed E-state index contributed by atoms with van der Waals surface area (Å²) >= 11 is 0. The summed E-state index contributed by atoms with van der Waals surface area (Å²) in [6.45, 7) is 7.90. The molecule has 0 aromatic carbocycles. The van der Waals surface area contributed by atoms with Crippen molar-refractivity contribution in [3.63, 3.8) is 0 Å². The number of nitrogen functional groups attached to an aromatic ring is 1. The Kier molecular flexibility index (Phi) is 5.30. The van der Waals surface area contributed by atoms with Crippen molar-refractivity contribution in [2.24, 2.45) is 5.84 Å². The van der Waals surface area contributed by atoms with Gasteiger partial charge in [0.1, 0.15) is 18.0 Å². The van der Waals surface area contributed by atoms with E-state index in [-0.39, 0.29) is 18.1 Å². The smallest absolute Gasteiger partial charge is 0.148 e. The molecule has 2 atom stereocenters. The maximum atomic E-state index is 9.37. The molecular weight excluding hydrogens is 230 g/mol. The SMILES string of the molecule is CC(O)CC(C)Nc1ncnc(NN)c1C(C)C. The van der Waals surface area contributed by atoms with Crippen LogP contribution in [0.2, 0.25) is 0 Å². The summed E-state index contributed by atoms with van der Waals surface area (Å²) in [6, 6.07) is 0.128. The first-order valence-corrected chi connectivity index (χ1v) is 6.21. The number of hydrazine groups is 1. The predicted octanol–water partition coefficient (Wildman–Crippen LogP) is 1.46. The van der Waals surface area contributed by atoms with Gasteiger partial charge < -0.3 is 15.8 Å². The van der Waals surface area contributed by atoms with E-state index in [1.165, 1.54) is 6.33 Å². The summed E-state index contributed by atoms with van der Waals surface area (Å²) in [4.78, 5) is 8.37. The first-order valence-electron chi connectivity index (χ1n) is 6.21. The van der Waals surface area contributed by atoms with Gasteiger partial charge in [0.2, 0.25) is 0 Å². The summed E-state index contributed by atoms with van der Waals surface area (Å²) in [7, 11) is 0. The van der Waals surface area contributed by atoms with Crippen molar-refractivity contribution in [3.8, 4) is 0 Å². The molecule has 18 heavy (non-hydrogen) atoms. The summed E-state index contributed by atoms with van der Waals surface area (Å²) in [5.74, 6) is 7.11. The van der Waals surface area contributed by atoms with Crippen LogP contribution in [0.1, 0.15) is 45.6 Å². The number of nitrogens with one attached hydrogen (secondary N) is 2. The zero-order valence-corrected chi connectivity index (χ0v) is 11.4. The van der Waals surface area contributed by atoms with E-state index in [1.807, 2.05) is 6.92 Å². The third-order valence-corrected chi connectivity index (χ3v) is 2.68. The van der Waals surface area contributed by atoms with E-state index < -0.39 is 0 Å². The van der Waals surface area contributed by atoms with E-state index in [4.69, 9.17) is 5.84 Å².